The van der Waals surface area contributed by atoms with E-state index >= 15 is 9.13 Å². The molecule has 0 bridgehead atoms. The molecule has 10 nitrogen and oxygen atoms in total. The second-order valence-electron chi connectivity index (χ2n) is 38.2. The van der Waals surface area contributed by atoms with Crippen molar-refractivity contribution in [2.24, 2.45) is 0 Å². The largest absolute Gasteiger partial charge is 0.457 e. The van der Waals surface area contributed by atoms with Gasteiger partial charge < -0.3 is 4.74 Å². The Morgan fingerprint density at radius 1 is 0.208 bits per heavy atom. The van der Waals surface area contributed by atoms with Gasteiger partial charge in [-0.05, 0) is 169 Å². The van der Waals surface area contributed by atoms with Crippen LogP contribution in [-0.2, 0) is 20.0 Å². The van der Waals surface area contributed by atoms with Crippen LogP contribution in [0.1, 0.15) is 49.9 Å². The van der Waals surface area contributed by atoms with Gasteiger partial charge >= 0.3 is 14.9 Å². The number of fused-ring (bicyclic) bond motifs is 10. The smallest absolute Gasteiger partial charge is 0.301 e. The van der Waals surface area contributed by atoms with E-state index in [2.05, 4.69) is 471 Å². The molecular formula is C129H101N7O3P2Si3. The molecule has 6 heterocycles. The third kappa shape index (κ3) is 14.3. The van der Waals surface area contributed by atoms with Crippen LogP contribution in [0, 0.1) is 0 Å². The van der Waals surface area contributed by atoms with Crippen LogP contribution in [0.3, 0.4) is 0 Å². The van der Waals surface area contributed by atoms with Gasteiger partial charge in [0, 0.05) is 44.7 Å². The highest BCUT2D eigenvalue weighted by molar-refractivity contribution is 7.76. The second-order valence-corrected chi connectivity index (χ2v) is 54.2. The van der Waals surface area contributed by atoms with Crippen molar-refractivity contribution >= 4 is 157 Å². The van der Waals surface area contributed by atoms with Crippen LogP contribution in [-0.4, -0.2) is 39.2 Å². The summed E-state index contributed by atoms with van der Waals surface area (Å²) >= 11 is 0. The molecule has 0 amide bonds. The lowest BCUT2D eigenvalue weighted by atomic mass is 9.74. The minimum atomic E-state index is -3.92. The van der Waals surface area contributed by atoms with Crippen LogP contribution in [0.4, 0.5) is 45.5 Å². The Morgan fingerprint density at radius 3 is 0.722 bits per heavy atom. The highest BCUT2D eigenvalue weighted by Gasteiger charge is 2.59. The molecule has 0 saturated carbocycles. The van der Waals surface area contributed by atoms with Gasteiger partial charge in [0.15, 0.2) is 41.7 Å². The lowest BCUT2D eigenvalue weighted by Gasteiger charge is -2.52. The molecule has 26 rings (SSSR count). The number of nitrogens with zero attached hydrogens (tertiary/aromatic N) is 7. The molecule has 0 aliphatic carbocycles. The average Bonchev–Trinajstić information content (AvgIpc) is 0.667. The maximum atomic E-state index is 18.0. The van der Waals surface area contributed by atoms with Crippen LogP contribution in [0.2, 0.25) is 0 Å². The Hall–Kier alpha value is -16.5. The van der Waals surface area contributed by atoms with E-state index in [-0.39, 0.29) is 10.8 Å². The number of para-hydroxylation sites is 10. The molecule has 5 aliphatic rings. The van der Waals surface area contributed by atoms with Gasteiger partial charge in [-0.25, -0.2) is 15.0 Å². The number of anilines is 8. The molecule has 5 aliphatic heterocycles. The van der Waals surface area contributed by atoms with Crippen LogP contribution >= 0.6 is 14.9 Å². The van der Waals surface area contributed by atoms with Crippen molar-refractivity contribution in [1.82, 2.24) is 15.0 Å². The minimum absolute atomic E-state index is 0.245. The number of ether oxygens (including phenoxy) is 1. The normalized spacial score (nSPS) is 14.6. The van der Waals surface area contributed by atoms with E-state index < -0.39 is 39.1 Å². The van der Waals surface area contributed by atoms with E-state index in [9.17, 15) is 0 Å². The predicted molar refractivity (Wildman–Crippen MR) is 606 cm³/mol. The summed E-state index contributed by atoms with van der Waals surface area (Å²) in [6.07, 6.45) is 0. The van der Waals surface area contributed by atoms with E-state index in [4.69, 9.17) is 19.7 Å². The van der Waals surface area contributed by atoms with E-state index in [1.165, 1.54) is 84.5 Å². The summed E-state index contributed by atoms with van der Waals surface area (Å²) in [6, 6.07) is 190. The van der Waals surface area contributed by atoms with Crippen LogP contribution in [0.25, 0.3) is 34.2 Å². The van der Waals surface area contributed by atoms with E-state index in [1.54, 1.807) is 0 Å². The molecule has 0 N–H and O–H groups in total. The molecule has 21 aromatic rings. The monoisotopic (exact) mass is 1940 g/mol. The maximum absolute atomic E-state index is 18.0. The minimum Gasteiger partial charge on any atom is -0.457 e. The van der Waals surface area contributed by atoms with Crippen molar-refractivity contribution in [2.45, 2.75) is 38.5 Å². The first-order valence-corrected chi connectivity index (χ1v) is 58.4. The quantitative estimate of drug-likeness (QED) is 0.0729. The van der Waals surface area contributed by atoms with Crippen molar-refractivity contribution < 1.29 is 13.9 Å². The zero-order valence-corrected chi connectivity index (χ0v) is 84.9. The molecular weight excluding hydrogens is 1840 g/mol. The Balaban J connectivity index is 0.000000119. The molecule has 1 aromatic heterocycles. The van der Waals surface area contributed by atoms with Gasteiger partial charge in [0.2, 0.25) is 0 Å². The van der Waals surface area contributed by atoms with E-state index in [0.717, 1.165) is 84.3 Å². The van der Waals surface area contributed by atoms with Gasteiger partial charge in [0.25, 0.3) is 0 Å². The molecule has 692 valence electrons. The summed E-state index contributed by atoms with van der Waals surface area (Å²) in [5.41, 5.74) is 14.7. The zero-order valence-electron chi connectivity index (χ0n) is 80.1. The van der Waals surface area contributed by atoms with Gasteiger partial charge in [0.05, 0.1) is 38.9 Å². The van der Waals surface area contributed by atoms with Gasteiger partial charge in [-0.1, -0.05) is 483 Å². The zero-order chi connectivity index (χ0) is 97.2. The van der Waals surface area contributed by atoms with Crippen molar-refractivity contribution in [3.05, 3.63) is 562 Å². The van der Waals surface area contributed by atoms with Crippen LogP contribution in [0.5, 0.6) is 11.5 Å². The number of benzene rings is 20. The molecule has 0 unspecified atom stereocenters. The number of aromatic nitrogens is 3. The maximum Gasteiger partial charge on any atom is 0.301 e. The topological polar surface area (TPSA) is 95.0 Å². The highest BCUT2D eigenvalue weighted by atomic mass is 31.2. The first-order valence-electron chi connectivity index (χ1n) is 49.2. The fourth-order valence-electron chi connectivity index (χ4n) is 23.5. The Bertz CT molecular complexity index is 7810. The Labute approximate surface area is 845 Å². The van der Waals surface area contributed by atoms with Gasteiger partial charge in [0.1, 0.15) is 11.5 Å². The molecule has 0 atom stereocenters. The molecule has 0 spiro atoms. The van der Waals surface area contributed by atoms with Gasteiger partial charge in [-0.3, -0.25) is 27.8 Å². The second kappa shape index (κ2) is 36.9. The summed E-state index contributed by atoms with van der Waals surface area (Å²) in [5.74, 6) is 3.50. The van der Waals surface area contributed by atoms with Crippen molar-refractivity contribution in [3.8, 4) is 45.7 Å². The fourth-order valence-corrected chi connectivity index (χ4v) is 45.2. The fraction of sp³-hybridized carbons (Fsp3) is 0.0465. The predicted octanol–water partition coefficient (Wildman–Crippen LogP) is 23.4. The summed E-state index contributed by atoms with van der Waals surface area (Å²) in [4.78, 5) is 15.1. The van der Waals surface area contributed by atoms with Crippen LogP contribution in [0.15, 0.2) is 540 Å². The first kappa shape index (κ1) is 90.1. The Kier molecular flexibility index (Phi) is 23.1. The molecule has 0 saturated heterocycles. The first-order chi connectivity index (χ1) is 70.8. The van der Waals surface area contributed by atoms with Crippen molar-refractivity contribution in [2.75, 3.05) is 18.7 Å². The highest BCUT2D eigenvalue weighted by Crippen LogP contribution is 2.70. The molecule has 0 radical (unpaired) electrons. The summed E-state index contributed by atoms with van der Waals surface area (Å²) in [5, 5.41) is 16.6. The lowest BCUT2D eigenvalue weighted by Crippen LogP contribution is -2.78. The standard InChI is InChI=1S/C54H41N2OPSi2.C39H27N3OSi.C36H33N2OP/c57-58(42-24-6-1-7-25-42,55-47-34-16-20-38-51(47)59(43-26-8-2-9-27-43,44-28-10-3-11-29-44)52-39-21-17-35-48(52)55)56-49-36-18-22-40-53(49)60(45-30-12-4-13-31-45,46-32-14-5-15-33-46)54-41-23-19-37-50(54)56;1-5-16-28(17-6-1)37-40-38(29-18-7-2-8-19-29)42-39(41-37)32-24-15-27-35-36(32)43-33-25-13-14-26-34(33)44(35,30-20-9-3-10-21-30)31-22-11-4-12-23-31;1-35(2)27-18-8-12-22-31(27)37(32-23-13-9-19-28(32)35)40(39,26-16-6-5-7-17-26)38-33-24-14-10-20-29(33)36(3,4)30-21-11-15-25-34(30)38/h1-41H;1-27H;5-25H,1-4H3. The van der Waals surface area contributed by atoms with Crippen LogP contribution < -0.4 is 96.3 Å². The average molecular weight is 1940 g/mol. The molecule has 15 heteroatoms. The summed E-state index contributed by atoms with van der Waals surface area (Å²) in [6.45, 7) is 9.07. The van der Waals surface area contributed by atoms with E-state index in [1.807, 2.05) is 115 Å². The van der Waals surface area contributed by atoms with Crippen molar-refractivity contribution in [3.63, 3.8) is 0 Å². The number of rotatable bonds is 15. The van der Waals surface area contributed by atoms with Gasteiger partial charge in [-0.15, -0.1) is 0 Å². The molecule has 20 aromatic carbocycles. The van der Waals surface area contributed by atoms with E-state index in [0.29, 0.717) is 17.5 Å². The van der Waals surface area contributed by atoms with Crippen molar-refractivity contribution in [1.29, 1.82) is 0 Å². The lowest BCUT2D eigenvalue weighted by molar-refractivity contribution is 0.488. The Morgan fingerprint density at radius 2 is 0.424 bits per heavy atom. The number of hydrogen-bond acceptors (Lipinski definition) is 6. The molecule has 0 fully saturated rings. The molecule has 144 heavy (non-hydrogen) atoms. The van der Waals surface area contributed by atoms with Gasteiger partial charge in [-0.2, -0.15) is 0 Å². The summed E-state index contributed by atoms with van der Waals surface area (Å²) in [7, 11) is -16.3. The summed E-state index contributed by atoms with van der Waals surface area (Å²) < 4.78 is 50.4. The SMILES string of the molecule is CC1(C)c2ccccc2N(P(=O)(c2ccccc2)N2c3ccccc3C(C)(C)c3ccccc32)c2ccccc21.O=P(c1ccccc1)(N1c2ccccc2[Si](c2ccccc2)(c2ccccc2)c2ccccc21)N1c2ccccc2[Si](c2ccccc2)(c2ccccc2)c2ccccc21.c1ccc(-c2nc(-c3ccccc3)nc(-c3cccc4c3Oc3ccccc3[Si]4(c3ccccc3)c3ccccc3)n2)cc1. The third-order valence-electron chi connectivity index (χ3n) is 29.7. The third-order valence-corrected chi connectivity index (χ3v) is 50.1. The number of hydrogen-bond donors (Lipinski definition) is 0.